The summed E-state index contributed by atoms with van der Waals surface area (Å²) in [7, 11) is 1.65. The van der Waals surface area contributed by atoms with Gasteiger partial charge in [-0.25, -0.2) is 0 Å². The number of hydrogen-bond donors (Lipinski definition) is 1. The second kappa shape index (κ2) is 9.18. The van der Waals surface area contributed by atoms with E-state index < -0.39 is 6.04 Å². The first-order valence-electron chi connectivity index (χ1n) is 11.7. The van der Waals surface area contributed by atoms with E-state index in [4.69, 9.17) is 4.74 Å². The fraction of sp³-hybridized carbons (Fsp3) is 0.241. The molecule has 1 amide bonds. The lowest BCUT2D eigenvalue weighted by Crippen LogP contribution is -2.38. The molecule has 1 N–H and O–H groups in total. The minimum Gasteiger partial charge on any atom is -0.497 e. The van der Waals surface area contributed by atoms with E-state index in [1.807, 2.05) is 90.7 Å². The lowest BCUT2D eigenvalue weighted by Gasteiger charge is -2.35. The highest BCUT2D eigenvalue weighted by Crippen LogP contribution is 2.47. The molecule has 1 heterocycles. The van der Waals surface area contributed by atoms with Crippen molar-refractivity contribution in [1.82, 2.24) is 0 Å². The number of methoxy groups -OCH3 is 1. The van der Waals surface area contributed by atoms with Gasteiger partial charge in [-0.15, -0.1) is 0 Å². The number of para-hydroxylation sites is 2. The van der Waals surface area contributed by atoms with Gasteiger partial charge in [0, 0.05) is 24.1 Å². The van der Waals surface area contributed by atoms with Crippen molar-refractivity contribution in [3.63, 3.8) is 0 Å². The number of nitrogens with zero attached hydrogens (tertiary/aromatic N) is 1. The van der Waals surface area contributed by atoms with E-state index in [1.165, 1.54) is 0 Å². The molecule has 0 saturated heterocycles. The van der Waals surface area contributed by atoms with Gasteiger partial charge in [-0.05, 0) is 47.7 Å². The van der Waals surface area contributed by atoms with Crippen molar-refractivity contribution in [2.45, 2.75) is 38.1 Å². The molecule has 3 aromatic carbocycles. The van der Waals surface area contributed by atoms with Gasteiger partial charge in [0.2, 0.25) is 5.91 Å². The zero-order chi connectivity index (χ0) is 23.7. The molecule has 0 bridgehead atoms. The molecule has 1 aliphatic carbocycles. The van der Waals surface area contributed by atoms with Crippen molar-refractivity contribution in [1.29, 1.82) is 0 Å². The van der Waals surface area contributed by atoms with E-state index in [9.17, 15) is 9.59 Å². The number of allylic oxidation sites excluding steroid dienone is 1. The predicted octanol–water partition coefficient (Wildman–Crippen LogP) is 6.01. The summed E-state index contributed by atoms with van der Waals surface area (Å²) in [6, 6.07) is 25.2. The Kier molecular flexibility index (Phi) is 5.93. The zero-order valence-electron chi connectivity index (χ0n) is 19.5. The van der Waals surface area contributed by atoms with Crippen LogP contribution in [0, 0.1) is 0 Å². The third kappa shape index (κ3) is 3.87. The Balaban J connectivity index is 1.66. The van der Waals surface area contributed by atoms with Crippen LogP contribution in [0.4, 0.5) is 11.4 Å². The summed E-state index contributed by atoms with van der Waals surface area (Å²) in [4.78, 5) is 29.0. The molecule has 0 fully saturated rings. The van der Waals surface area contributed by atoms with E-state index in [1.54, 1.807) is 7.11 Å². The molecule has 0 spiro atoms. The number of rotatable bonds is 4. The van der Waals surface area contributed by atoms with Crippen molar-refractivity contribution in [2.24, 2.45) is 0 Å². The smallest absolute Gasteiger partial charge is 0.227 e. The molecular formula is C29H28N2O3. The summed E-state index contributed by atoms with van der Waals surface area (Å²) < 4.78 is 5.30. The summed E-state index contributed by atoms with van der Waals surface area (Å²) >= 11 is 0. The van der Waals surface area contributed by atoms with Crippen LogP contribution in [0.5, 0.6) is 5.75 Å². The molecule has 172 valence electrons. The van der Waals surface area contributed by atoms with Crippen molar-refractivity contribution in [2.75, 3.05) is 17.3 Å². The number of amides is 1. The Morgan fingerprint density at radius 1 is 0.941 bits per heavy atom. The van der Waals surface area contributed by atoms with Crippen LogP contribution in [-0.2, 0) is 9.59 Å². The summed E-state index contributed by atoms with van der Waals surface area (Å²) in [5.74, 6) is 0.916. The Hall–Kier alpha value is -3.86. The number of Topliss-reactive ketones (excluding diaryl/α,β-unsaturated/α-hetero) is 1. The van der Waals surface area contributed by atoms with Crippen LogP contribution >= 0.6 is 0 Å². The van der Waals surface area contributed by atoms with Crippen molar-refractivity contribution < 1.29 is 14.3 Å². The summed E-state index contributed by atoms with van der Waals surface area (Å²) in [5.41, 5.74) is 5.27. The van der Waals surface area contributed by atoms with E-state index >= 15 is 0 Å². The van der Waals surface area contributed by atoms with Gasteiger partial charge in [-0.1, -0.05) is 61.5 Å². The number of fused-ring (bicyclic) bond motifs is 1. The van der Waals surface area contributed by atoms with Crippen LogP contribution in [0.3, 0.4) is 0 Å². The number of carbonyl (C=O) groups is 2. The molecule has 0 radical (unpaired) electrons. The maximum absolute atomic E-state index is 13.8. The third-order valence-corrected chi connectivity index (χ3v) is 6.76. The third-order valence-electron chi connectivity index (χ3n) is 6.76. The molecule has 2 atom stereocenters. The highest BCUT2D eigenvalue weighted by atomic mass is 16.5. The van der Waals surface area contributed by atoms with E-state index in [-0.39, 0.29) is 17.6 Å². The van der Waals surface area contributed by atoms with Crippen LogP contribution in [0.1, 0.15) is 49.3 Å². The first-order valence-corrected chi connectivity index (χ1v) is 11.7. The summed E-state index contributed by atoms with van der Waals surface area (Å²) in [5, 5.41) is 3.56. The fourth-order valence-corrected chi connectivity index (χ4v) is 5.10. The summed E-state index contributed by atoms with van der Waals surface area (Å²) in [6.07, 6.45) is 1.45. The minimum atomic E-state index is -0.468. The number of ketones is 1. The largest absolute Gasteiger partial charge is 0.497 e. The van der Waals surface area contributed by atoms with Crippen LogP contribution in [-0.4, -0.2) is 18.8 Å². The Labute approximate surface area is 200 Å². The average Bonchev–Trinajstić information content (AvgIpc) is 3.03. The van der Waals surface area contributed by atoms with E-state index in [0.29, 0.717) is 24.8 Å². The fourth-order valence-electron chi connectivity index (χ4n) is 5.10. The van der Waals surface area contributed by atoms with Crippen LogP contribution < -0.4 is 15.0 Å². The van der Waals surface area contributed by atoms with Gasteiger partial charge in [0.1, 0.15) is 5.75 Å². The van der Waals surface area contributed by atoms with Gasteiger partial charge in [0.05, 0.1) is 24.5 Å². The first kappa shape index (κ1) is 22.0. The predicted molar refractivity (Wildman–Crippen MR) is 134 cm³/mol. The standard InChI is InChI=1S/C29H28N2O3/c1-3-27(33)31-25-12-8-7-11-23(25)30-24-17-21(19-13-15-22(34-2)16-14-19)18-26(32)28(24)29(31)20-9-5-4-6-10-20/h4-16,21,29-30H,3,17-18H2,1-2H3/t21-,29-/m1/s1. The van der Waals surface area contributed by atoms with Gasteiger partial charge in [-0.3, -0.25) is 14.5 Å². The molecule has 0 aromatic heterocycles. The number of hydrogen-bond acceptors (Lipinski definition) is 4. The molecule has 2 aliphatic rings. The zero-order valence-corrected chi connectivity index (χ0v) is 19.5. The molecule has 0 saturated carbocycles. The Morgan fingerprint density at radius 2 is 1.65 bits per heavy atom. The van der Waals surface area contributed by atoms with Crippen molar-refractivity contribution >= 4 is 23.1 Å². The maximum atomic E-state index is 13.8. The molecule has 5 rings (SSSR count). The van der Waals surface area contributed by atoms with E-state index in [0.717, 1.165) is 33.9 Å². The van der Waals surface area contributed by atoms with Crippen molar-refractivity contribution in [3.8, 4) is 5.75 Å². The molecule has 3 aromatic rings. The monoisotopic (exact) mass is 452 g/mol. The molecule has 5 nitrogen and oxygen atoms in total. The topological polar surface area (TPSA) is 58.6 Å². The highest BCUT2D eigenvalue weighted by Gasteiger charge is 2.41. The van der Waals surface area contributed by atoms with Gasteiger partial charge >= 0.3 is 0 Å². The molecule has 1 aliphatic heterocycles. The normalized spacial score (nSPS) is 19.6. The van der Waals surface area contributed by atoms with Gasteiger partial charge in [0.25, 0.3) is 0 Å². The Morgan fingerprint density at radius 3 is 2.35 bits per heavy atom. The molecular weight excluding hydrogens is 424 g/mol. The van der Waals surface area contributed by atoms with Crippen molar-refractivity contribution in [3.05, 3.63) is 101 Å². The van der Waals surface area contributed by atoms with Gasteiger partial charge in [0.15, 0.2) is 5.78 Å². The number of anilines is 2. The van der Waals surface area contributed by atoms with Crippen LogP contribution in [0.25, 0.3) is 0 Å². The average molecular weight is 453 g/mol. The second-order valence-corrected chi connectivity index (χ2v) is 8.77. The molecule has 34 heavy (non-hydrogen) atoms. The van der Waals surface area contributed by atoms with E-state index in [2.05, 4.69) is 5.32 Å². The Bertz CT molecular complexity index is 1250. The number of benzene rings is 3. The maximum Gasteiger partial charge on any atom is 0.227 e. The minimum absolute atomic E-state index is 0.0121. The highest BCUT2D eigenvalue weighted by molar-refractivity contribution is 6.06. The van der Waals surface area contributed by atoms with Gasteiger partial charge < -0.3 is 10.1 Å². The SMILES string of the molecule is CCC(=O)N1c2ccccc2NC2=C(C(=O)C[C@H](c3ccc(OC)cc3)C2)[C@H]1c1ccccc1. The quantitative estimate of drug-likeness (QED) is 0.527. The molecule has 0 unspecified atom stereocenters. The second-order valence-electron chi connectivity index (χ2n) is 8.77. The van der Waals surface area contributed by atoms with Crippen LogP contribution in [0.2, 0.25) is 0 Å². The van der Waals surface area contributed by atoms with Gasteiger partial charge in [-0.2, -0.15) is 0 Å². The summed E-state index contributed by atoms with van der Waals surface area (Å²) in [6.45, 7) is 1.86. The number of carbonyl (C=O) groups excluding carboxylic acids is 2. The lowest BCUT2D eigenvalue weighted by molar-refractivity contribution is -0.119. The number of nitrogens with one attached hydrogen (secondary N) is 1. The van der Waals surface area contributed by atoms with Crippen LogP contribution in [0.15, 0.2) is 90.1 Å². The number of ether oxygens (including phenoxy) is 1. The molecule has 5 heteroatoms. The lowest BCUT2D eigenvalue weighted by atomic mass is 9.78. The first-order chi connectivity index (χ1) is 16.6.